The van der Waals surface area contributed by atoms with Crippen molar-refractivity contribution in [1.29, 1.82) is 0 Å². The van der Waals surface area contributed by atoms with Crippen LogP contribution in [-0.4, -0.2) is 35.6 Å². The molecule has 0 radical (unpaired) electrons. The van der Waals surface area contributed by atoms with E-state index in [0.717, 1.165) is 31.7 Å². The second kappa shape index (κ2) is 4.72. The molecule has 4 heteroatoms. The quantitative estimate of drug-likeness (QED) is 0.881. The fraction of sp³-hybridized carbons (Fsp3) is 0.462. The highest BCUT2D eigenvalue weighted by Crippen LogP contribution is 2.22. The maximum Gasteiger partial charge on any atom is 0.108 e. The molecule has 1 aromatic carbocycles. The third kappa shape index (κ3) is 2.49. The van der Waals surface area contributed by atoms with Gasteiger partial charge in [0.25, 0.3) is 0 Å². The first-order valence-corrected chi connectivity index (χ1v) is 6.93. The van der Waals surface area contributed by atoms with Crippen LogP contribution in [0.2, 0.25) is 0 Å². The molecule has 1 unspecified atom stereocenters. The van der Waals surface area contributed by atoms with Gasteiger partial charge in [-0.2, -0.15) is 0 Å². The largest absolute Gasteiger partial charge is 0.312 e. The Morgan fingerprint density at radius 3 is 3.18 bits per heavy atom. The summed E-state index contributed by atoms with van der Waals surface area (Å²) in [5, 5.41) is 4.70. The summed E-state index contributed by atoms with van der Waals surface area (Å²) in [7, 11) is 0. The molecule has 1 aliphatic heterocycles. The van der Waals surface area contributed by atoms with Gasteiger partial charge in [0, 0.05) is 25.7 Å². The van der Waals surface area contributed by atoms with Crippen molar-refractivity contribution in [2.45, 2.75) is 19.5 Å². The van der Waals surface area contributed by atoms with E-state index in [1.165, 1.54) is 9.71 Å². The number of benzene rings is 1. The van der Waals surface area contributed by atoms with Crippen LogP contribution >= 0.6 is 11.3 Å². The smallest absolute Gasteiger partial charge is 0.108 e. The molecule has 0 aliphatic carbocycles. The molecule has 0 spiro atoms. The highest BCUT2D eigenvalue weighted by Gasteiger charge is 2.16. The number of thiazole rings is 1. The van der Waals surface area contributed by atoms with Crippen molar-refractivity contribution in [3.05, 3.63) is 29.3 Å². The predicted molar refractivity (Wildman–Crippen MR) is 72.4 cm³/mol. The standard InChI is InChI=1S/C13H17N3S/c1-10-8-16(7-6-14-10)9-13-15-11-4-2-3-5-12(11)17-13/h2-5,10,14H,6-9H2,1H3. The van der Waals surface area contributed by atoms with Crippen molar-refractivity contribution in [3.63, 3.8) is 0 Å². The molecule has 1 atom stereocenters. The van der Waals surface area contributed by atoms with E-state index in [0.29, 0.717) is 6.04 Å². The van der Waals surface area contributed by atoms with Gasteiger partial charge in [-0.05, 0) is 19.1 Å². The van der Waals surface area contributed by atoms with Gasteiger partial charge in [-0.3, -0.25) is 4.90 Å². The molecule has 1 aromatic heterocycles. The van der Waals surface area contributed by atoms with Gasteiger partial charge in [0.1, 0.15) is 5.01 Å². The van der Waals surface area contributed by atoms with Gasteiger partial charge in [-0.1, -0.05) is 12.1 Å². The molecule has 0 bridgehead atoms. The molecule has 0 saturated carbocycles. The second-order valence-corrected chi connectivity index (χ2v) is 5.78. The van der Waals surface area contributed by atoms with E-state index in [2.05, 4.69) is 46.4 Å². The molecule has 3 nitrogen and oxygen atoms in total. The molecular formula is C13H17N3S. The van der Waals surface area contributed by atoms with E-state index in [4.69, 9.17) is 0 Å². The van der Waals surface area contributed by atoms with Crippen LogP contribution in [0.15, 0.2) is 24.3 Å². The number of aromatic nitrogens is 1. The average molecular weight is 247 g/mol. The predicted octanol–water partition coefficient (Wildman–Crippen LogP) is 2.09. The molecule has 3 rings (SSSR count). The summed E-state index contributed by atoms with van der Waals surface area (Å²) in [5.74, 6) is 0. The van der Waals surface area contributed by atoms with E-state index in [1.54, 1.807) is 0 Å². The molecule has 0 amide bonds. The van der Waals surface area contributed by atoms with Gasteiger partial charge in [0.05, 0.1) is 16.8 Å². The van der Waals surface area contributed by atoms with Gasteiger partial charge < -0.3 is 5.32 Å². The van der Waals surface area contributed by atoms with Crippen LogP contribution in [-0.2, 0) is 6.54 Å². The first-order valence-electron chi connectivity index (χ1n) is 6.11. The zero-order chi connectivity index (χ0) is 11.7. The average Bonchev–Trinajstić information content (AvgIpc) is 2.71. The lowest BCUT2D eigenvalue weighted by Crippen LogP contribution is -2.48. The van der Waals surface area contributed by atoms with Gasteiger partial charge in [-0.15, -0.1) is 11.3 Å². The summed E-state index contributed by atoms with van der Waals surface area (Å²) >= 11 is 1.82. The van der Waals surface area contributed by atoms with Gasteiger partial charge in [0.15, 0.2) is 0 Å². The topological polar surface area (TPSA) is 28.2 Å². The minimum Gasteiger partial charge on any atom is -0.312 e. The number of nitrogens with zero attached hydrogens (tertiary/aromatic N) is 2. The van der Waals surface area contributed by atoms with E-state index in [9.17, 15) is 0 Å². The lowest BCUT2D eigenvalue weighted by Gasteiger charge is -2.31. The van der Waals surface area contributed by atoms with E-state index < -0.39 is 0 Å². The van der Waals surface area contributed by atoms with Gasteiger partial charge in [-0.25, -0.2) is 4.98 Å². The normalized spacial score (nSPS) is 22.1. The maximum atomic E-state index is 4.69. The van der Waals surface area contributed by atoms with E-state index >= 15 is 0 Å². The van der Waals surface area contributed by atoms with Crippen LogP contribution in [0.3, 0.4) is 0 Å². The minimum atomic E-state index is 0.595. The number of fused-ring (bicyclic) bond motifs is 1. The number of hydrogen-bond acceptors (Lipinski definition) is 4. The SMILES string of the molecule is CC1CN(Cc2nc3ccccc3s2)CCN1. The number of hydrogen-bond donors (Lipinski definition) is 1. The molecule has 17 heavy (non-hydrogen) atoms. The first-order chi connectivity index (χ1) is 8.31. The van der Waals surface area contributed by atoms with Crippen LogP contribution in [0.1, 0.15) is 11.9 Å². The van der Waals surface area contributed by atoms with Gasteiger partial charge >= 0.3 is 0 Å². The third-order valence-electron chi connectivity index (χ3n) is 3.15. The number of rotatable bonds is 2. The van der Waals surface area contributed by atoms with Crippen LogP contribution in [0.25, 0.3) is 10.2 Å². The Labute approximate surface area is 105 Å². The summed E-state index contributed by atoms with van der Waals surface area (Å²) < 4.78 is 1.30. The molecule has 1 N–H and O–H groups in total. The minimum absolute atomic E-state index is 0.595. The summed E-state index contributed by atoms with van der Waals surface area (Å²) in [4.78, 5) is 7.17. The fourth-order valence-electron chi connectivity index (χ4n) is 2.33. The summed E-state index contributed by atoms with van der Waals surface area (Å²) in [6.07, 6.45) is 0. The zero-order valence-electron chi connectivity index (χ0n) is 10.0. The Kier molecular flexibility index (Phi) is 3.09. The highest BCUT2D eigenvalue weighted by atomic mass is 32.1. The molecule has 90 valence electrons. The van der Waals surface area contributed by atoms with Crippen molar-refractivity contribution < 1.29 is 0 Å². The molecular weight excluding hydrogens is 230 g/mol. The molecule has 2 heterocycles. The maximum absolute atomic E-state index is 4.69. The lowest BCUT2D eigenvalue weighted by molar-refractivity contribution is 0.199. The summed E-state index contributed by atoms with van der Waals surface area (Å²) in [6.45, 7) is 6.57. The summed E-state index contributed by atoms with van der Waals surface area (Å²) in [5.41, 5.74) is 1.13. The molecule has 2 aromatic rings. The zero-order valence-corrected chi connectivity index (χ0v) is 10.8. The van der Waals surface area contributed by atoms with Crippen molar-refractivity contribution in [1.82, 2.24) is 15.2 Å². The Morgan fingerprint density at radius 1 is 1.47 bits per heavy atom. The monoisotopic (exact) mass is 247 g/mol. The molecule has 1 saturated heterocycles. The Morgan fingerprint density at radius 2 is 2.35 bits per heavy atom. The number of para-hydroxylation sites is 1. The second-order valence-electron chi connectivity index (χ2n) is 4.67. The third-order valence-corrected chi connectivity index (χ3v) is 4.17. The van der Waals surface area contributed by atoms with Crippen LogP contribution < -0.4 is 5.32 Å². The highest BCUT2D eigenvalue weighted by molar-refractivity contribution is 7.18. The van der Waals surface area contributed by atoms with Crippen LogP contribution in [0.4, 0.5) is 0 Å². The number of piperazine rings is 1. The number of nitrogens with one attached hydrogen (secondary N) is 1. The Hall–Kier alpha value is -0.970. The Bertz CT molecular complexity index is 475. The molecule has 1 fully saturated rings. The molecule has 1 aliphatic rings. The van der Waals surface area contributed by atoms with E-state index in [-0.39, 0.29) is 0 Å². The van der Waals surface area contributed by atoms with Crippen LogP contribution in [0, 0.1) is 0 Å². The van der Waals surface area contributed by atoms with E-state index in [1.807, 2.05) is 11.3 Å². The van der Waals surface area contributed by atoms with Crippen molar-refractivity contribution >= 4 is 21.6 Å². The first kappa shape index (κ1) is 11.1. The summed E-state index contributed by atoms with van der Waals surface area (Å²) in [6, 6.07) is 8.97. The van der Waals surface area contributed by atoms with Crippen LogP contribution in [0.5, 0.6) is 0 Å². The fourth-order valence-corrected chi connectivity index (χ4v) is 3.34. The van der Waals surface area contributed by atoms with Crippen molar-refractivity contribution in [2.75, 3.05) is 19.6 Å². The lowest BCUT2D eigenvalue weighted by atomic mass is 10.2. The van der Waals surface area contributed by atoms with Crippen molar-refractivity contribution in [2.24, 2.45) is 0 Å². The Balaban J connectivity index is 1.75. The van der Waals surface area contributed by atoms with Gasteiger partial charge in [0.2, 0.25) is 0 Å². The van der Waals surface area contributed by atoms with Crippen molar-refractivity contribution in [3.8, 4) is 0 Å².